The number of amides is 2. The maximum atomic E-state index is 12.3. The Labute approximate surface area is 484 Å². The minimum Gasteiger partial charge on any atom is -1.00 e. The molecule has 0 radical (unpaired) electrons. The Morgan fingerprint density at radius 2 is 1.35 bits per heavy atom. The van der Waals surface area contributed by atoms with Crippen LogP contribution in [0.3, 0.4) is 0 Å². The summed E-state index contributed by atoms with van der Waals surface area (Å²) in [6.45, 7) is 23.1. The molecule has 1 aliphatic carbocycles. The zero-order valence-electron chi connectivity index (χ0n) is 47.4. The number of carbonyl (C=O) groups is 3. The summed E-state index contributed by atoms with van der Waals surface area (Å²) in [5.74, 6) is 0.160. The maximum absolute atomic E-state index is 12.3. The molecule has 1 N–H and O–H groups in total. The summed E-state index contributed by atoms with van der Waals surface area (Å²) < 4.78 is 25.1. The molecule has 0 aromatic heterocycles. The van der Waals surface area contributed by atoms with Crippen LogP contribution in [0.4, 0.5) is 17.1 Å². The van der Waals surface area contributed by atoms with Gasteiger partial charge < -0.3 is 57.0 Å². The largest absolute Gasteiger partial charge is 1.00 e. The van der Waals surface area contributed by atoms with Crippen molar-refractivity contribution >= 4 is 70.9 Å². The van der Waals surface area contributed by atoms with Gasteiger partial charge in [-0.05, 0) is 167 Å². The predicted octanol–water partition coefficient (Wildman–Crippen LogP) is 10.4. The molecular formula is C64H76IN5O8Si. The van der Waals surface area contributed by atoms with Crippen LogP contribution < -0.4 is 38.9 Å². The van der Waals surface area contributed by atoms with Crippen LogP contribution in [-0.2, 0) is 43.3 Å². The lowest BCUT2D eigenvalue weighted by Gasteiger charge is -2.27. The van der Waals surface area contributed by atoms with Gasteiger partial charge in [-0.25, -0.2) is 4.79 Å². The summed E-state index contributed by atoms with van der Waals surface area (Å²) in [5, 5.41) is 18.0. The zero-order chi connectivity index (χ0) is 55.6. The molecular weight excluding hydrogens is 1120 g/mol. The molecule has 5 aromatic carbocycles. The summed E-state index contributed by atoms with van der Waals surface area (Å²) in [6.07, 6.45) is 13.7. The van der Waals surface area contributed by atoms with Crippen molar-refractivity contribution < 1.29 is 65.8 Å². The third kappa shape index (κ3) is 12.9. The number of hydrogen-bond donors (Lipinski definition) is 1. The highest BCUT2D eigenvalue weighted by Crippen LogP contribution is 2.51. The normalized spacial score (nSPS) is 17.6. The first-order valence-electron chi connectivity index (χ1n) is 27.9. The number of anilines is 2. The fourth-order valence-corrected chi connectivity index (χ4v) is 13.0. The first-order chi connectivity index (χ1) is 37.6. The summed E-state index contributed by atoms with van der Waals surface area (Å²) in [4.78, 5) is 43.3. The van der Waals surface area contributed by atoms with E-state index >= 15 is 0 Å². The molecule has 13 nitrogen and oxygen atoms in total. The number of unbranched alkanes of at least 4 members (excludes halogenated alkanes) is 1. The molecule has 9 rings (SSSR count). The van der Waals surface area contributed by atoms with E-state index in [4.69, 9.17) is 28.1 Å². The first-order valence-corrected chi connectivity index (χ1v) is 29.6. The lowest BCUT2D eigenvalue weighted by atomic mass is 9.78. The van der Waals surface area contributed by atoms with E-state index < -0.39 is 26.6 Å². The number of allylic oxidation sites excluding steroid dienone is 7. The molecule has 0 saturated carbocycles. The number of halogens is 1. The van der Waals surface area contributed by atoms with E-state index in [2.05, 4.69) is 153 Å². The molecule has 0 bridgehead atoms. The van der Waals surface area contributed by atoms with Crippen LogP contribution in [0.5, 0.6) is 5.75 Å². The number of rotatable bonds is 20. The minimum absolute atomic E-state index is 0. The van der Waals surface area contributed by atoms with Crippen LogP contribution in [0.15, 0.2) is 144 Å². The second-order valence-electron chi connectivity index (χ2n) is 20.8. The highest BCUT2D eigenvalue weighted by Gasteiger charge is 2.46. The van der Waals surface area contributed by atoms with Gasteiger partial charge in [-0.1, -0.05) is 74.5 Å². The van der Waals surface area contributed by atoms with E-state index in [0.717, 1.165) is 49.5 Å². The number of nitrogens with one attached hydrogen (secondary N) is 1. The number of hydrogen-bond acceptors (Lipinski definition) is 11. The van der Waals surface area contributed by atoms with E-state index in [9.17, 15) is 14.4 Å². The average Bonchev–Trinajstić information content (AvgIpc) is 4.22. The Balaban J connectivity index is 0.000000622. The monoisotopic (exact) mass is 1200 g/mol. The Bertz CT molecular complexity index is 3230. The van der Waals surface area contributed by atoms with Crippen molar-refractivity contribution in [3.05, 3.63) is 155 Å². The fraction of sp³-hybridized carbons (Fsp3) is 0.391. The molecule has 1 fully saturated rings. The molecule has 416 valence electrons. The molecule has 0 spiro atoms. The Morgan fingerprint density at radius 1 is 0.734 bits per heavy atom. The van der Waals surface area contributed by atoms with Crippen molar-refractivity contribution in [1.29, 1.82) is 5.26 Å². The van der Waals surface area contributed by atoms with E-state index in [-0.39, 0.29) is 54.1 Å². The summed E-state index contributed by atoms with van der Waals surface area (Å²) in [7, 11) is -2.96. The van der Waals surface area contributed by atoms with Crippen molar-refractivity contribution in [2.24, 2.45) is 0 Å². The van der Waals surface area contributed by atoms with E-state index in [1.165, 1.54) is 66.6 Å². The standard InChI is InChI=1S/C57H61N4O5.C7H15NO3Si.HI/c1-7-59-46-31-23-38-16-9-11-20-44(38)53(46)56(3,4)48(59)33-25-40-18-15-19-41(26-34-49-57(5,6)54-45-21-12-10-17-39(45)24-32-47(54)60(49)8-2)55(40)65-43-29-27-42(28-30-43)58-37-14-13-22-52(64)66-61-50(62)35-36-51(61)63;1-4-9-12(7-8,10-5-2)11-6-3;/h9-12,16-17,20-21,23-34,58H,7-8,13-15,18-19,22,35-37H2,1-6H3;4-6H2,1-3H3;1H/q+1;;/p-1. The Kier molecular flexibility index (Phi) is 20.3. The number of benzene rings is 5. The lowest BCUT2D eigenvalue weighted by Crippen LogP contribution is -3.00. The van der Waals surface area contributed by atoms with Gasteiger partial charge in [0.05, 0.1) is 5.41 Å². The average molecular weight is 1200 g/mol. The van der Waals surface area contributed by atoms with Crippen molar-refractivity contribution in [3.63, 3.8) is 0 Å². The second-order valence-corrected chi connectivity index (χ2v) is 23.0. The van der Waals surface area contributed by atoms with Crippen molar-refractivity contribution in [3.8, 4) is 11.4 Å². The molecule has 79 heavy (non-hydrogen) atoms. The smallest absolute Gasteiger partial charge is 0.619 e. The molecule has 0 unspecified atom stereocenters. The quantitative estimate of drug-likeness (QED) is 0.0262. The molecule has 4 aliphatic rings. The summed E-state index contributed by atoms with van der Waals surface area (Å²) in [5.41, 5.74) is 12.7. The molecule has 15 heteroatoms. The number of imide groups is 1. The molecule has 3 aliphatic heterocycles. The zero-order valence-corrected chi connectivity index (χ0v) is 50.5. The minimum atomic E-state index is -2.96. The first kappa shape index (κ1) is 60.2. The van der Waals surface area contributed by atoms with Gasteiger partial charge in [0.1, 0.15) is 23.7 Å². The number of nitrogens with zero attached hydrogens (tertiary/aromatic N) is 4. The van der Waals surface area contributed by atoms with E-state index in [1.54, 1.807) is 0 Å². The molecule has 5 aromatic rings. The van der Waals surface area contributed by atoms with E-state index in [1.807, 2.05) is 50.7 Å². The van der Waals surface area contributed by atoms with Crippen molar-refractivity contribution in [2.45, 2.75) is 125 Å². The van der Waals surface area contributed by atoms with Crippen molar-refractivity contribution in [1.82, 2.24) is 5.06 Å². The van der Waals surface area contributed by atoms with Crippen molar-refractivity contribution in [2.75, 3.05) is 49.7 Å². The third-order valence-electron chi connectivity index (χ3n) is 15.1. The lowest BCUT2D eigenvalue weighted by molar-refractivity contribution is -0.433. The predicted molar refractivity (Wildman–Crippen MR) is 311 cm³/mol. The molecule has 0 atom stereocenters. The van der Waals surface area contributed by atoms with Crippen LogP contribution in [-0.4, -0.2) is 81.4 Å². The van der Waals surface area contributed by atoms with Crippen LogP contribution >= 0.6 is 0 Å². The fourth-order valence-electron chi connectivity index (χ4n) is 11.4. The van der Waals surface area contributed by atoms with Gasteiger partial charge in [0.15, 0.2) is 5.71 Å². The van der Waals surface area contributed by atoms with Gasteiger partial charge in [0, 0.05) is 92.4 Å². The van der Waals surface area contributed by atoms with Gasteiger partial charge in [-0.15, -0.1) is 5.06 Å². The topological polar surface area (TPSA) is 143 Å². The maximum Gasteiger partial charge on any atom is 0.619 e. The van der Waals surface area contributed by atoms with Crippen LogP contribution in [0.2, 0.25) is 0 Å². The van der Waals surface area contributed by atoms with Crippen LogP contribution in [0, 0.1) is 11.0 Å². The van der Waals surface area contributed by atoms with E-state index in [0.29, 0.717) is 44.3 Å². The molecule has 1 saturated heterocycles. The number of nitriles is 1. The second kappa shape index (κ2) is 26.7. The number of fused-ring (bicyclic) bond motifs is 6. The Morgan fingerprint density at radius 3 is 1.96 bits per heavy atom. The van der Waals surface area contributed by atoms with Crippen LogP contribution in [0.1, 0.15) is 125 Å². The highest BCUT2D eigenvalue weighted by molar-refractivity contribution is 6.69. The van der Waals surface area contributed by atoms with Gasteiger partial charge in [0.2, 0.25) is 5.69 Å². The molecule has 3 heterocycles. The van der Waals surface area contributed by atoms with Crippen LogP contribution in [0.25, 0.3) is 21.5 Å². The van der Waals surface area contributed by atoms with Gasteiger partial charge in [-0.3, -0.25) is 9.59 Å². The van der Waals surface area contributed by atoms with Gasteiger partial charge in [0.25, 0.3) is 11.8 Å². The summed E-state index contributed by atoms with van der Waals surface area (Å²) in [6, 6.07) is 34.6. The van der Waals surface area contributed by atoms with Gasteiger partial charge in [-0.2, -0.15) is 9.84 Å². The number of hydroxylamine groups is 2. The number of ether oxygens (including phenoxy) is 1. The highest BCUT2D eigenvalue weighted by atomic mass is 127. The number of likely N-dealkylation sites (N-methyl/N-ethyl adjacent to an activating group) is 1. The van der Waals surface area contributed by atoms with Gasteiger partial charge >= 0.3 is 14.8 Å². The number of carbonyl (C=O) groups excluding carboxylic acids is 3. The Hall–Kier alpha value is -6.42. The molecule has 2 amide bonds. The summed E-state index contributed by atoms with van der Waals surface area (Å²) >= 11 is 0. The third-order valence-corrected chi connectivity index (χ3v) is 17.3. The SMILES string of the molecule is CCN1/C(=C\C=C2/CCCC(/C=C/C3=[N+](CC)c4ccc5ccccc5c4C3(C)C)=C2Oc2ccc(NCCCCC(=O)ON3C(=O)CCC3=O)cc2)C(C)(C)c2c1ccc1ccccc21.CCO[Si](C#N)(OCC)OCC.[I-].